The van der Waals surface area contributed by atoms with Crippen molar-refractivity contribution in [3.63, 3.8) is 0 Å². The van der Waals surface area contributed by atoms with Crippen molar-refractivity contribution in [1.29, 1.82) is 0 Å². The molecule has 1 N–H and O–H groups in total. The molecule has 1 aromatic rings. The maximum atomic E-state index is 13.8. The van der Waals surface area contributed by atoms with Gasteiger partial charge in [-0.3, -0.25) is 4.79 Å². The maximum absolute atomic E-state index is 13.8. The van der Waals surface area contributed by atoms with Crippen LogP contribution in [0.25, 0.3) is 0 Å². The van der Waals surface area contributed by atoms with E-state index in [1.54, 1.807) is 18.2 Å². The van der Waals surface area contributed by atoms with Crippen molar-refractivity contribution in [2.24, 2.45) is 5.92 Å². The van der Waals surface area contributed by atoms with Crippen molar-refractivity contribution in [1.82, 2.24) is 5.32 Å². The van der Waals surface area contributed by atoms with E-state index in [9.17, 15) is 9.18 Å². The molecule has 5 heteroatoms. The molecule has 1 saturated carbocycles. The average molecular weight is 330 g/mol. The number of ether oxygens (including phenoxy) is 1. The minimum absolute atomic E-state index is 0.128. The summed E-state index contributed by atoms with van der Waals surface area (Å²) in [6, 6.07) is 6.54. The van der Waals surface area contributed by atoms with Gasteiger partial charge >= 0.3 is 0 Å². The van der Waals surface area contributed by atoms with Crippen LogP contribution in [0.3, 0.4) is 0 Å². The second-order valence-electron chi connectivity index (χ2n) is 4.72. The monoisotopic (exact) mass is 329 g/mol. The molecule has 1 atom stereocenters. The lowest BCUT2D eigenvalue weighted by atomic mass is 10.1. The number of hydrogen-bond acceptors (Lipinski definition) is 2. The van der Waals surface area contributed by atoms with Crippen molar-refractivity contribution in [2.75, 3.05) is 18.5 Å². The molecule has 1 amide bonds. The quantitative estimate of drug-likeness (QED) is 0.781. The Morgan fingerprint density at radius 2 is 2.21 bits per heavy atom. The number of benzene rings is 1. The molecule has 0 radical (unpaired) electrons. The highest BCUT2D eigenvalue weighted by molar-refractivity contribution is 9.09. The Bertz CT molecular complexity index is 437. The molecule has 1 aliphatic carbocycles. The van der Waals surface area contributed by atoms with Crippen LogP contribution in [0.1, 0.15) is 24.5 Å². The number of carbonyl (C=O) groups excluding carboxylic acids is 1. The third kappa shape index (κ3) is 4.58. The van der Waals surface area contributed by atoms with E-state index < -0.39 is 6.10 Å². The number of halogens is 2. The fourth-order valence-electron chi connectivity index (χ4n) is 1.79. The largest absolute Gasteiger partial charge is 0.371 e. The van der Waals surface area contributed by atoms with Gasteiger partial charge in [-0.2, -0.15) is 0 Å². The molecular weight excluding hydrogens is 313 g/mol. The van der Waals surface area contributed by atoms with Gasteiger partial charge < -0.3 is 10.1 Å². The van der Waals surface area contributed by atoms with Gasteiger partial charge in [0.15, 0.2) is 0 Å². The molecule has 1 aromatic carbocycles. The van der Waals surface area contributed by atoms with Crippen LogP contribution in [0.4, 0.5) is 4.39 Å². The molecule has 0 saturated heterocycles. The smallest absolute Gasteiger partial charge is 0.230 e. The molecule has 19 heavy (non-hydrogen) atoms. The second-order valence-corrected chi connectivity index (χ2v) is 5.29. The third-order valence-corrected chi connectivity index (χ3v) is 3.60. The summed E-state index contributed by atoms with van der Waals surface area (Å²) in [5, 5.41) is 2.96. The van der Waals surface area contributed by atoms with Gasteiger partial charge in [0.25, 0.3) is 0 Å². The van der Waals surface area contributed by atoms with Gasteiger partial charge in [0.1, 0.15) is 11.9 Å². The highest BCUT2D eigenvalue weighted by Crippen LogP contribution is 2.31. The summed E-state index contributed by atoms with van der Waals surface area (Å²) in [6.07, 6.45) is 1.93. The van der Waals surface area contributed by atoms with Gasteiger partial charge in [-0.25, -0.2) is 4.39 Å². The molecule has 1 unspecified atom stereocenters. The minimum Gasteiger partial charge on any atom is -0.371 e. The molecular formula is C14H17BrFNO2. The van der Waals surface area contributed by atoms with Crippen molar-refractivity contribution in [2.45, 2.75) is 18.9 Å². The van der Waals surface area contributed by atoms with Crippen LogP contribution in [0, 0.1) is 11.7 Å². The van der Waals surface area contributed by atoms with Gasteiger partial charge in [-0.15, -0.1) is 0 Å². The Morgan fingerprint density at radius 3 is 2.84 bits per heavy atom. The van der Waals surface area contributed by atoms with Gasteiger partial charge in [0, 0.05) is 12.1 Å². The summed E-state index contributed by atoms with van der Waals surface area (Å²) in [5.41, 5.74) is 0.498. The lowest BCUT2D eigenvalue weighted by molar-refractivity contribution is -0.119. The minimum atomic E-state index is -0.426. The maximum Gasteiger partial charge on any atom is 0.230 e. The number of nitrogens with one attached hydrogen (secondary N) is 1. The van der Waals surface area contributed by atoms with Gasteiger partial charge in [-0.05, 0) is 24.8 Å². The van der Waals surface area contributed by atoms with E-state index in [1.165, 1.54) is 18.9 Å². The van der Waals surface area contributed by atoms with Crippen LogP contribution in [-0.4, -0.2) is 24.4 Å². The molecule has 0 heterocycles. The summed E-state index contributed by atoms with van der Waals surface area (Å²) in [6.45, 7) is 0.918. The average Bonchev–Trinajstić information content (AvgIpc) is 3.24. The third-order valence-electron chi connectivity index (χ3n) is 3.09. The van der Waals surface area contributed by atoms with E-state index in [4.69, 9.17) is 4.74 Å². The van der Waals surface area contributed by atoms with Crippen LogP contribution < -0.4 is 5.32 Å². The van der Waals surface area contributed by atoms with Crippen LogP contribution in [-0.2, 0) is 9.53 Å². The van der Waals surface area contributed by atoms with Gasteiger partial charge in [0.05, 0.1) is 11.9 Å². The topological polar surface area (TPSA) is 38.3 Å². The van der Waals surface area contributed by atoms with Crippen molar-refractivity contribution >= 4 is 21.8 Å². The van der Waals surface area contributed by atoms with E-state index in [0.717, 1.165) is 0 Å². The number of carbonyl (C=O) groups is 1. The summed E-state index contributed by atoms with van der Waals surface area (Å²) < 4.78 is 19.5. The fraction of sp³-hybridized carbons (Fsp3) is 0.500. The molecule has 0 bridgehead atoms. The van der Waals surface area contributed by atoms with Crippen LogP contribution >= 0.6 is 15.9 Å². The van der Waals surface area contributed by atoms with Crippen molar-refractivity contribution in [3.05, 3.63) is 35.6 Å². The SMILES string of the molecule is O=C(CBr)NCC(OCC1CC1)c1ccccc1F. The lowest BCUT2D eigenvalue weighted by Crippen LogP contribution is -2.30. The first-order valence-corrected chi connectivity index (χ1v) is 7.51. The zero-order valence-corrected chi connectivity index (χ0v) is 12.2. The second kappa shape index (κ2) is 7.01. The van der Waals surface area contributed by atoms with E-state index >= 15 is 0 Å². The normalized spacial score (nSPS) is 16.1. The fourth-order valence-corrected chi connectivity index (χ4v) is 1.98. The molecule has 2 rings (SSSR count). The van der Waals surface area contributed by atoms with E-state index in [1.807, 2.05) is 0 Å². The van der Waals surface area contributed by atoms with Crippen LogP contribution in [0.15, 0.2) is 24.3 Å². The van der Waals surface area contributed by atoms with E-state index in [-0.39, 0.29) is 23.6 Å². The molecule has 104 valence electrons. The number of rotatable bonds is 7. The summed E-state index contributed by atoms with van der Waals surface area (Å²) >= 11 is 3.08. The standard InChI is InChI=1S/C14H17BrFNO2/c15-7-14(18)17-8-13(19-9-10-5-6-10)11-3-1-2-4-12(11)16/h1-4,10,13H,5-9H2,(H,17,18). The Labute approximate surface area is 120 Å². The molecule has 1 aliphatic rings. The summed E-state index contributed by atoms with van der Waals surface area (Å²) in [5.74, 6) is 0.175. The molecule has 0 spiro atoms. The Hall–Kier alpha value is -0.940. The van der Waals surface area contributed by atoms with Crippen LogP contribution in [0.5, 0.6) is 0 Å². The molecule has 1 fully saturated rings. The molecule has 0 aliphatic heterocycles. The first-order chi connectivity index (χ1) is 9.20. The van der Waals surface area contributed by atoms with Gasteiger partial charge in [-0.1, -0.05) is 34.1 Å². The number of amides is 1. The first kappa shape index (κ1) is 14.5. The molecule has 3 nitrogen and oxygen atoms in total. The summed E-state index contributed by atoms with van der Waals surface area (Å²) in [7, 11) is 0. The van der Waals surface area contributed by atoms with E-state index in [2.05, 4.69) is 21.2 Å². The highest BCUT2D eigenvalue weighted by Gasteiger charge is 2.25. The Kier molecular flexibility index (Phi) is 5.34. The Balaban J connectivity index is 1.99. The van der Waals surface area contributed by atoms with E-state index in [0.29, 0.717) is 18.1 Å². The zero-order valence-electron chi connectivity index (χ0n) is 10.6. The zero-order chi connectivity index (χ0) is 13.7. The van der Waals surface area contributed by atoms with Gasteiger partial charge in [0.2, 0.25) is 5.91 Å². The number of hydrogen-bond donors (Lipinski definition) is 1. The van der Waals surface area contributed by atoms with Crippen molar-refractivity contribution < 1.29 is 13.9 Å². The van der Waals surface area contributed by atoms with Crippen molar-refractivity contribution in [3.8, 4) is 0 Å². The Morgan fingerprint density at radius 1 is 1.47 bits per heavy atom. The predicted octanol–water partition coefficient (Wildman–Crippen LogP) is 2.80. The summed E-state index contributed by atoms with van der Waals surface area (Å²) in [4.78, 5) is 11.3. The molecule has 0 aromatic heterocycles. The number of alkyl halides is 1. The first-order valence-electron chi connectivity index (χ1n) is 6.39. The predicted molar refractivity (Wildman–Crippen MR) is 74.6 cm³/mol. The lowest BCUT2D eigenvalue weighted by Gasteiger charge is -2.19. The highest BCUT2D eigenvalue weighted by atomic mass is 79.9. The van der Waals surface area contributed by atoms with Crippen LogP contribution in [0.2, 0.25) is 0 Å².